The van der Waals surface area contributed by atoms with Crippen molar-refractivity contribution in [2.24, 2.45) is 0 Å². The molecule has 0 radical (unpaired) electrons. The van der Waals surface area contributed by atoms with Crippen molar-refractivity contribution in [2.75, 3.05) is 34.1 Å². The highest BCUT2D eigenvalue weighted by Gasteiger charge is 2.72. The lowest BCUT2D eigenvalue weighted by Crippen LogP contribution is -2.53. The molecule has 208 valence electrons. The summed E-state index contributed by atoms with van der Waals surface area (Å²) in [5.41, 5.74) is -2.31. The van der Waals surface area contributed by atoms with Crippen LogP contribution >= 0.6 is 0 Å². The summed E-state index contributed by atoms with van der Waals surface area (Å²) < 4.78 is 35.1. The van der Waals surface area contributed by atoms with Crippen LogP contribution in [0.25, 0.3) is 0 Å². The first-order chi connectivity index (χ1) is 17.9. The largest absolute Gasteiger partial charge is 0.469 e. The zero-order valence-corrected chi connectivity index (χ0v) is 22.2. The average Bonchev–Trinajstić information content (AvgIpc) is 3.47. The predicted molar refractivity (Wildman–Crippen MR) is 129 cm³/mol. The molecule has 1 aromatic carbocycles. The van der Waals surface area contributed by atoms with Crippen molar-refractivity contribution >= 4 is 11.9 Å². The Labute approximate surface area is 220 Å². The van der Waals surface area contributed by atoms with Crippen molar-refractivity contribution in [1.82, 2.24) is 4.90 Å². The Hall–Kier alpha value is -2.44. The molecule has 1 aliphatic carbocycles. The number of hydrogen-bond donors (Lipinski definition) is 2. The lowest BCUT2D eigenvalue weighted by Gasteiger charge is -2.41. The van der Waals surface area contributed by atoms with E-state index in [4.69, 9.17) is 28.4 Å². The highest BCUT2D eigenvalue weighted by molar-refractivity contribution is 5.86. The fraction of sp³-hybridized carbons (Fsp3) is 0.704. The second kappa shape index (κ2) is 8.53. The minimum Gasteiger partial charge on any atom is -0.469 e. The summed E-state index contributed by atoms with van der Waals surface area (Å²) >= 11 is 0. The maximum absolute atomic E-state index is 13.8. The van der Waals surface area contributed by atoms with Gasteiger partial charge in [-0.25, -0.2) is 4.79 Å². The number of rotatable bonds is 7. The Kier molecular flexibility index (Phi) is 5.79. The minimum absolute atomic E-state index is 0.129. The maximum atomic E-state index is 13.8. The van der Waals surface area contributed by atoms with Crippen LogP contribution in [0.4, 0.5) is 0 Å². The van der Waals surface area contributed by atoms with E-state index in [1.807, 2.05) is 12.1 Å². The molecule has 0 amide bonds. The number of methoxy groups -OCH3 is 2. The Morgan fingerprint density at radius 1 is 1.16 bits per heavy atom. The molecule has 1 spiro atoms. The van der Waals surface area contributed by atoms with E-state index >= 15 is 0 Å². The summed E-state index contributed by atoms with van der Waals surface area (Å²) in [5.74, 6) is -2.20. The average molecular weight is 534 g/mol. The second-order valence-corrected chi connectivity index (χ2v) is 11.9. The predicted octanol–water partition coefficient (Wildman–Crippen LogP) is 1.53. The van der Waals surface area contributed by atoms with E-state index in [1.54, 1.807) is 0 Å². The van der Waals surface area contributed by atoms with Gasteiger partial charge >= 0.3 is 11.9 Å². The summed E-state index contributed by atoms with van der Waals surface area (Å²) in [5, 5.41) is 21.9. The van der Waals surface area contributed by atoms with E-state index in [-0.39, 0.29) is 18.8 Å². The normalized spacial score (nSPS) is 34.3. The Morgan fingerprint density at radius 2 is 1.87 bits per heavy atom. The van der Waals surface area contributed by atoms with Gasteiger partial charge in [0, 0.05) is 38.0 Å². The van der Waals surface area contributed by atoms with Gasteiger partial charge in [-0.1, -0.05) is 0 Å². The van der Waals surface area contributed by atoms with Gasteiger partial charge in [-0.05, 0) is 56.5 Å². The van der Waals surface area contributed by atoms with Crippen molar-refractivity contribution < 1.29 is 48.2 Å². The van der Waals surface area contributed by atoms with E-state index in [1.165, 1.54) is 28.1 Å². The van der Waals surface area contributed by atoms with Crippen molar-refractivity contribution in [3.63, 3.8) is 0 Å². The molecule has 6 atom stereocenters. The topological polar surface area (TPSA) is 133 Å². The fourth-order valence-corrected chi connectivity index (χ4v) is 7.53. The summed E-state index contributed by atoms with van der Waals surface area (Å²) in [4.78, 5) is 28.4. The molecule has 2 saturated heterocycles. The van der Waals surface area contributed by atoms with Gasteiger partial charge < -0.3 is 38.6 Å². The van der Waals surface area contributed by atoms with Gasteiger partial charge in [-0.3, -0.25) is 9.69 Å². The van der Waals surface area contributed by atoms with E-state index in [0.717, 1.165) is 30.5 Å². The zero-order valence-electron chi connectivity index (χ0n) is 22.2. The molecule has 1 aromatic rings. The Morgan fingerprint density at radius 3 is 2.53 bits per heavy atom. The van der Waals surface area contributed by atoms with Gasteiger partial charge in [0.1, 0.15) is 0 Å². The van der Waals surface area contributed by atoms with Gasteiger partial charge in [0.15, 0.2) is 23.2 Å². The molecule has 2 unspecified atom stereocenters. The van der Waals surface area contributed by atoms with Gasteiger partial charge in [0.05, 0.1) is 25.2 Å². The van der Waals surface area contributed by atoms with Crippen LogP contribution in [-0.4, -0.2) is 89.8 Å². The van der Waals surface area contributed by atoms with E-state index in [9.17, 15) is 19.8 Å². The highest BCUT2D eigenvalue weighted by Crippen LogP contribution is 2.65. The summed E-state index contributed by atoms with van der Waals surface area (Å²) in [7, 11) is 2.71. The fourth-order valence-electron chi connectivity index (χ4n) is 7.53. The van der Waals surface area contributed by atoms with Crippen molar-refractivity contribution in [1.29, 1.82) is 0 Å². The number of esters is 2. The number of carbonyl (C=O) groups excluding carboxylic acids is 2. The lowest BCUT2D eigenvalue weighted by atomic mass is 9.78. The Balaban J connectivity index is 1.45. The number of carbonyl (C=O) groups is 2. The SMILES string of the molecule is COC(=O)CC(O)(CC(C)(C)O)C(=O)OC1[C@H]2c3cc4c(cc3[C@H]3CN5CCC[C@]25C[C@@]1(OC)O3)OCO4. The second-order valence-electron chi connectivity index (χ2n) is 11.9. The first-order valence-corrected chi connectivity index (χ1v) is 13.1. The molecular weight excluding hydrogens is 498 g/mol. The van der Waals surface area contributed by atoms with Gasteiger partial charge in [-0.2, -0.15) is 0 Å². The molecular formula is C27H35NO10. The zero-order chi connectivity index (χ0) is 27.1. The molecule has 11 heteroatoms. The van der Waals surface area contributed by atoms with E-state index in [0.29, 0.717) is 24.5 Å². The summed E-state index contributed by atoms with van der Waals surface area (Å²) in [6.07, 6.45) is -0.0777. The van der Waals surface area contributed by atoms with Crippen LogP contribution in [0.15, 0.2) is 12.1 Å². The molecule has 0 aromatic heterocycles. The first kappa shape index (κ1) is 25.8. The maximum Gasteiger partial charge on any atom is 0.339 e. The molecule has 3 fully saturated rings. The highest BCUT2D eigenvalue weighted by atomic mass is 16.7. The van der Waals surface area contributed by atoms with Crippen LogP contribution in [0, 0.1) is 0 Å². The quantitative estimate of drug-likeness (QED) is 0.495. The number of nitrogens with zero attached hydrogens (tertiary/aromatic N) is 1. The molecule has 38 heavy (non-hydrogen) atoms. The third-order valence-electron chi connectivity index (χ3n) is 8.87. The van der Waals surface area contributed by atoms with Crippen LogP contribution in [0.2, 0.25) is 0 Å². The van der Waals surface area contributed by atoms with Crippen LogP contribution in [0.3, 0.4) is 0 Å². The molecule has 6 aliphatic rings. The monoisotopic (exact) mass is 533 g/mol. The number of fused-ring (bicyclic) bond motifs is 1. The van der Waals surface area contributed by atoms with Gasteiger partial charge in [-0.15, -0.1) is 0 Å². The van der Waals surface area contributed by atoms with Crippen LogP contribution < -0.4 is 9.47 Å². The third kappa shape index (κ3) is 3.74. The standard InChI is InChI=1S/C27H35NO10/c1-24(2,31)12-26(32,10-20(29)33-3)23(30)37-22-21-16-9-18-17(35-14-36-18)8-15(16)19-11-28-7-5-6-25(21,28)13-27(22,34-4)38-19/h8-9,19,21-22,31-32H,5-7,10-14H2,1-4H3/t19-,21-,22?,25+,26?,27-/m1/s1. The van der Waals surface area contributed by atoms with Crippen molar-refractivity contribution in [2.45, 2.75) is 86.6 Å². The molecule has 5 aliphatic heterocycles. The van der Waals surface area contributed by atoms with Crippen LogP contribution in [0.5, 0.6) is 11.5 Å². The smallest absolute Gasteiger partial charge is 0.339 e. The minimum atomic E-state index is -2.32. The summed E-state index contributed by atoms with van der Waals surface area (Å²) in [6.45, 7) is 4.57. The van der Waals surface area contributed by atoms with Gasteiger partial charge in [0.2, 0.25) is 12.6 Å². The summed E-state index contributed by atoms with van der Waals surface area (Å²) in [6, 6.07) is 3.90. The van der Waals surface area contributed by atoms with Gasteiger partial charge in [0.25, 0.3) is 0 Å². The number of hydrogen-bond acceptors (Lipinski definition) is 11. The molecule has 1 saturated carbocycles. The number of aliphatic hydroxyl groups is 2. The molecule has 5 heterocycles. The van der Waals surface area contributed by atoms with E-state index in [2.05, 4.69) is 4.90 Å². The van der Waals surface area contributed by atoms with Crippen LogP contribution in [-0.2, 0) is 28.5 Å². The van der Waals surface area contributed by atoms with E-state index < -0.39 is 53.4 Å². The first-order valence-electron chi connectivity index (χ1n) is 13.1. The molecule has 2 N–H and O–H groups in total. The van der Waals surface area contributed by atoms with Crippen molar-refractivity contribution in [3.8, 4) is 11.5 Å². The Bertz CT molecular complexity index is 1170. The van der Waals surface area contributed by atoms with Crippen molar-refractivity contribution in [3.05, 3.63) is 23.3 Å². The molecule has 4 bridgehead atoms. The molecule has 11 nitrogen and oxygen atoms in total. The lowest BCUT2D eigenvalue weighted by molar-refractivity contribution is -0.285. The van der Waals surface area contributed by atoms with Crippen LogP contribution in [0.1, 0.15) is 69.1 Å². The molecule has 7 rings (SSSR count). The number of ether oxygens (including phenoxy) is 6. The third-order valence-corrected chi connectivity index (χ3v) is 8.87. The number of benzene rings is 1.